The summed E-state index contributed by atoms with van der Waals surface area (Å²) in [4.78, 5) is 0. The van der Waals surface area contributed by atoms with Crippen LogP contribution >= 0.6 is 15.9 Å². The quantitative estimate of drug-likeness (QED) is 0.921. The Balaban J connectivity index is 1.84. The first-order chi connectivity index (χ1) is 9.63. The summed E-state index contributed by atoms with van der Waals surface area (Å²) in [6, 6.07) is 11.3. The Labute approximate surface area is 125 Å². The first kappa shape index (κ1) is 13.3. The van der Waals surface area contributed by atoms with Crippen molar-refractivity contribution >= 4 is 15.9 Å². The molecule has 1 aliphatic rings. The topological polar surface area (TPSA) is 53.7 Å². The second-order valence-electron chi connectivity index (χ2n) is 4.60. The fraction of sp³-hybridized carbons (Fsp3) is 0.200. The van der Waals surface area contributed by atoms with Crippen LogP contribution in [0.15, 0.2) is 40.9 Å². The summed E-state index contributed by atoms with van der Waals surface area (Å²) in [5.41, 5.74) is 6.91. The van der Waals surface area contributed by atoms with Crippen molar-refractivity contribution in [2.45, 2.75) is 13.0 Å². The standard InChI is InChI=1S/C15H14BrNO3/c1-9(17)10-2-4-13(12(16)6-10)20-11-3-5-14-15(7-11)19-8-18-14/h2-7,9H,8,17H2,1H3/t9-/m1/s1. The monoisotopic (exact) mass is 335 g/mol. The van der Waals surface area contributed by atoms with E-state index in [4.69, 9.17) is 19.9 Å². The van der Waals surface area contributed by atoms with Crippen molar-refractivity contribution in [2.75, 3.05) is 6.79 Å². The molecule has 104 valence electrons. The summed E-state index contributed by atoms with van der Waals surface area (Å²) >= 11 is 3.50. The Bertz CT molecular complexity index is 643. The van der Waals surface area contributed by atoms with Crippen molar-refractivity contribution in [3.63, 3.8) is 0 Å². The maximum absolute atomic E-state index is 5.85. The van der Waals surface area contributed by atoms with Gasteiger partial charge in [-0.05, 0) is 52.7 Å². The van der Waals surface area contributed by atoms with E-state index in [0.29, 0.717) is 11.5 Å². The van der Waals surface area contributed by atoms with Crippen molar-refractivity contribution < 1.29 is 14.2 Å². The van der Waals surface area contributed by atoms with Crippen molar-refractivity contribution in [3.05, 3.63) is 46.4 Å². The smallest absolute Gasteiger partial charge is 0.231 e. The SMILES string of the molecule is C[C@@H](N)c1ccc(Oc2ccc3c(c2)OCO3)c(Br)c1. The van der Waals surface area contributed by atoms with E-state index in [1.165, 1.54) is 0 Å². The highest BCUT2D eigenvalue weighted by Gasteiger charge is 2.14. The summed E-state index contributed by atoms with van der Waals surface area (Å²) < 4.78 is 17.3. The molecule has 0 bridgehead atoms. The van der Waals surface area contributed by atoms with Gasteiger partial charge in [0, 0.05) is 12.1 Å². The number of halogens is 1. The Morgan fingerprint density at radius 1 is 1.15 bits per heavy atom. The van der Waals surface area contributed by atoms with Gasteiger partial charge in [0.25, 0.3) is 0 Å². The van der Waals surface area contributed by atoms with Crippen LogP contribution < -0.4 is 19.9 Å². The third kappa shape index (κ3) is 2.59. The van der Waals surface area contributed by atoms with Crippen LogP contribution in [0.1, 0.15) is 18.5 Å². The predicted molar refractivity (Wildman–Crippen MR) is 79.4 cm³/mol. The van der Waals surface area contributed by atoms with Crippen molar-refractivity contribution in [1.82, 2.24) is 0 Å². The minimum atomic E-state index is -0.00843. The molecule has 3 rings (SSSR count). The molecular formula is C15H14BrNO3. The highest BCUT2D eigenvalue weighted by atomic mass is 79.9. The molecule has 0 unspecified atom stereocenters. The van der Waals surface area contributed by atoms with Crippen LogP contribution in [0.25, 0.3) is 0 Å². The Hall–Kier alpha value is -1.72. The van der Waals surface area contributed by atoms with E-state index >= 15 is 0 Å². The maximum Gasteiger partial charge on any atom is 0.231 e. The van der Waals surface area contributed by atoms with Gasteiger partial charge < -0.3 is 19.9 Å². The number of rotatable bonds is 3. The normalized spacial score (nSPS) is 14.2. The van der Waals surface area contributed by atoms with E-state index in [2.05, 4.69) is 15.9 Å². The second-order valence-corrected chi connectivity index (χ2v) is 5.45. The average Bonchev–Trinajstić information content (AvgIpc) is 2.88. The molecule has 5 heteroatoms. The molecule has 20 heavy (non-hydrogen) atoms. The van der Waals surface area contributed by atoms with Crippen molar-refractivity contribution in [3.8, 4) is 23.0 Å². The molecule has 1 heterocycles. The van der Waals surface area contributed by atoms with Gasteiger partial charge in [0.15, 0.2) is 11.5 Å². The van der Waals surface area contributed by atoms with Crippen LogP contribution in [0, 0.1) is 0 Å². The lowest BCUT2D eigenvalue weighted by Crippen LogP contribution is -2.04. The van der Waals surface area contributed by atoms with Crippen LogP contribution in [0.5, 0.6) is 23.0 Å². The van der Waals surface area contributed by atoms with Gasteiger partial charge in [0.05, 0.1) is 4.47 Å². The molecule has 2 N–H and O–H groups in total. The molecule has 0 aliphatic carbocycles. The highest BCUT2D eigenvalue weighted by molar-refractivity contribution is 9.10. The molecule has 0 radical (unpaired) electrons. The number of nitrogens with two attached hydrogens (primary N) is 1. The van der Waals surface area contributed by atoms with Gasteiger partial charge in [-0.2, -0.15) is 0 Å². The number of fused-ring (bicyclic) bond motifs is 1. The predicted octanol–water partition coefficient (Wildman–Crippen LogP) is 3.99. The van der Waals surface area contributed by atoms with Crippen LogP contribution in [0.2, 0.25) is 0 Å². The van der Waals surface area contributed by atoms with Gasteiger partial charge >= 0.3 is 0 Å². The second kappa shape index (κ2) is 5.34. The molecule has 4 nitrogen and oxygen atoms in total. The van der Waals surface area contributed by atoms with Crippen LogP contribution in [0.3, 0.4) is 0 Å². The molecule has 0 saturated heterocycles. The van der Waals surface area contributed by atoms with Crippen molar-refractivity contribution in [1.29, 1.82) is 0 Å². The van der Waals surface area contributed by atoms with E-state index < -0.39 is 0 Å². The molecule has 2 aromatic rings. The molecular weight excluding hydrogens is 322 g/mol. The largest absolute Gasteiger partial charge is 0.456 e. The fourth-order valence-corrected chi connectivity index (χ4v) is 2.43. The van der Waals surface area contributed by atoms with Gasteiger partial charge in [0.2, 0.25) is 6.79 Å². The van der Waals surface area contributed by atoms with Gasteiger partial charge in [-0.3, -0.25) is 0 Å². The summed E-state index contributed by atoms with van der Waals surface area (Å²) in [7, 11) is 0. The lowest BCUT2D eigenvalue weighted by atomic mass is 10.1. The third-order valence-corrected chi connectivity index (χ3v) is 3.67. The Morgan fingerprint density at radius 3 is 2.70 bits per heavy atom. The molecule has 1 atom stereocenters. The summed E-state index contributed by atoms with van der Waals surface area (Å²) in [5.74, 6) is 2.87. The van der Waals surface area contributed by atoms with E-state index in [-0.39, 0.29) is 12.8 Å². The Kier molecular flexibility index (Phi) is 3.54. The molecule has 0 amide bonds. The van der Waals surface area contributed by atoms with Crippen LogP contribution in [-0.4, -0.2) is 6.79 Å². The summed E-state index contributed by atoms with van der Waals surface area (Å²) in [6.07, 6.45) is 0. The average molecular weight is 336 g/mol. The lowest BCUT2D eigenvalue weighted by molar-refractivity contribution is 0.174. The minimum Gasteiger partial charge on any atom is -0.456 e. The summed E-state index contributed by atoms with van der Waals surface area (Å²) in [6.45, 7) is 2.20. The fourth-order valence-electron chi connectivity index (χ4n) is 1.95. The first-order valence-corrected chi connectivity index (χ1v) is 7.05. The summed E-state index contributed by atoms with van der Waals surface area (Å²) in [5, 5.41) is 0. The maximum atomic E-state index is 5.85. The minimum absolute atomic E-state index is 0.00843. The van der Waals surface area contributed by atoms with Crippen LogP contribution in [-0.2, 0) is 0 Å². The van der Waals surface area contributed by atoms with Gasteiger partial charge in [-0.25, -0.2) is 0 Å². The number of hydrogen-bond donors (Lipinski definition) is 1. The molecule has 0 spiro atoms. The number of hydrogen-bond acceptors (Lipinski definition) is 4. The highest BCUT2D eigenvalue weighted by Crippen LogP contribution is 2.38. The molecule has 1 aliphatic heterocycles. The zero-order valence-corrected chi connectivity index (χ0v) is 12.5. The lowest BCUT2D eigenvalue weighted by Gasteiger charge is -2.11. The third-order valence-electron chi connectivity index (χ3n) is 3.05. The number of benzene rings is 2. The Morgan fingerprint density at radius 2 is 1.95 bits per heavy atom. The molecule has 0 saturated carbocycles. The van der Waals surface area contributed by atoms with Crippen LogP contribution in [0.4, 0.5) is 0 Å². The van der Waals surface area contributed by atoms with Gasteiger partial charge in [0.1, 0.15) is 11.5 Å². The molecule has 2 aromatic carbocycles. The molecule has 0 fully saturated rings. The van der Waals surface area contributed by atoms with E-state index in [1.54, 1.807) is 0 Å². The zero-order chi connectivity index (χ0) is 14.1. The first-order valence-electron chi connectivity index (χ1n) is 6.26. The van der Waals surface area contributed by atoms with Crippen molar-refractivity contribution in [2.24, 2.45) is 5.73 Å². The van der Waals surface area contributed by atoms with Gasteiger partial charge in [-0.1, -0.05) is 6.07 Å². The van der Waals surface area contributed by atoms with Gasteiger partial charge in [-0.15, -0.1) is 0 Å². The van der Waals surface area contributed by atoms with E-state index in [9.17, 15) is 0 Å². The zero-order valence-electron chi connectivity index (χ0n) is 10.9. The van der Waals surface area contributed by atoms with E-state index in [1.807, 2.05) is 43.3 Å². The molecule has 0 aromatic heterocycles. The van der Waals surface area contributed by atoms with E-state index in [0.717, 1.165) is 21.5 Å². The number of ether oxygens (including phenoxy) is 3.